The van der Waals surface area contributed by atoms with Crippen LogP contribution < -0.4 is 14.8 Å². The Bertz CT molecular complexity index is 1290. The number of amides is 4. The van der Waals surface area contributed by atoms with Crippen LogP contribution in [0.5, 0.6) is 11.5 Å². The van der Waals surface area contributed by atoms with Crippen molar-refractivity contribution in [3.63, 3.8) is 0 Å². The molecule has 1 atom stereocenters. The lowest BCUT2D eigenvalue weighted by molar-refractivity contribution is -0.407. The number of thioether (sulfide) groups is 1. The summed E-state index contributed by atoms with van der Waals surface area (Å²) in [7, 11) is 6.17. The van der Waals surface area contributed by atoms with Crippen molar-refractivity contribution in [1.29, 1.82) is 0 Å². The number of rotatable bonds is 8. The second kappa shape index (κ2) is 11.0. The van der Waals surface area contributed by atoms with Crippen LogP contribution in [0, 0.1) is 5.92 Å². The monoisotopic (exact) mass is 528 g/mol. The summed E-state index contributed by atoms with van der Waals surface area (Å²) in [6.07, 6.45) is 0.615. The van der Waals surface area contributed by atoms with Gasteiger partial charge in [0.05, 0.1) is 38.9 Å². The molecule has 188 valence electrons. The van der Waals surface area contributed by atoms with Crippen LogP contribution in [0.25, 0.3) is 0 Å². The Morgan fingerprint density at radius 1 is 1.19 bits per heavy atom. The molecule has 0 spiro atoms. The Morgan fingerprint density at radius 2 is 1.97 bits per heavy atom. The third kappa shape index (κ3) is 5.19. The van der Waals surface area contributed by atoms with Gasteiger partial charge in [-0.25, -0.2) is 9.79 Å². The molecular weight excluding hydrogens is 502 g/mol. The highest BCUT2D eigenvalue weighted by Gasteiger charge is 2.49. The van der Waals surface area contributed by atoms with E-state index in [1.54, 1.807) is 21.3 Å². The molecule has 4 rings (SSSR count). The fourth-order valence-corrected chi connectivity index (χ4v) is 5.34. The lowest BCUT2D eigenvalue weighted by atomic mass is 10.0. The van der Waals surface area contributed by atoms with E-state index >= 15 is 0 Å². The van der Waals surface area contributed by atoms with Gasteiger partial charge in [0.15, 0.2) is 17.4 Å². The number of hydrogen-bond acceptors (Lipinski definition) is 9. The highest BCUT2D eigenvalue weighted by atomic mass is 32.2. The fraction of sp³-hybridized carbons (Fsp3) is 0.333. The van der Waals surface area contributed by atoms with Crippen molar-refractivity contribution in [2.45, 2.75) is 6.42 Å². The predicted molar refractivity (Wildman–Crippen MR) is 140 cm³/mol. The van der Waals surface area contributed by atoms with E-state index in [2.05, 4.69) is 15.3 Å². The van der Waals surface area contributed by atoms with Crippen molar-refractivity contribution in [1.82, 2.24) is 10.2 Å². The third-order valence-corrected chi connectivity index (χ3v) is 7.61. The van der Waals surface area contributed by atoms with Gasteiger partial charge in [-0.1, -0.05) is 28.9 Å². The number of urea groups is 1. The zero-order chi connectivity index (χ0) is 25.8. The van der Waals surface area contributed by atoms with Gasteiger partial charge in [0, 0.05) is 6.54 Å². The molecule has 0 bridgehead atoms. The second-order valence-corrected chi connectivity index (χ2v) is 9.91. The van der Waals surface area contributed by atoms with Gasteiger partial charge < -0.3 is 14.8 Å². The molecule has 1 N–H and O–H groups in total. The maximum absolute atomic E-state index is 13.0. The van der Waals surface area contributed by atoms with Crippen LogP contribution in [0.3, 0.4) is 0 Å². The smallest absolute Gasteiger partial charge is 0.445 e. The SMILES string of the molecule is COc1ccc(CCNC(=O)CSC2=NC(c3cccs3)=NC3=[N+](C)C(=O)N(C)C(=O)C23)cc1OC. The maximum Gasteiger partial charge on any atom is 0.445 e. The number of amidine groups is 2. The van der Waals surface area contributed by atoms with Crippen molar-refractivity contribution >= 4 is 57.7 Å². The summed E-state index contributed by atoms with van der Waals surface area (Å²) in [6.45, 7) is 0.433. The topological polar surface area (TPSA) is 113 Å². The number of benzene rings is 1. The second-order valence-electron chi connectivity index (χ2n) is 7.97. The van der Waals surface area contributed by atoms with Crippen molar-refractivity contribution in [2.24, 2.45) is 15.9 Å². The van der Waals surface area contributed by atoms with Gasteiger partial charge in [-0.15, -0.1) is 11.3 Å². The van der Waals surface area contributed by atoms with Crippen molar-refractivity contribution in [2.75, 3.05) is 40.6 Å². The molecule has 4 amide bonds. The van der Waals surface area contributed by atoms with Crippen LogP contribution in [0.4, 0.5) is 4.79 Å². The Balaban J connectivity index is 1.44. The zero-order valence-electron chi connectivity index (χ0n) is 20.3. The van der Waals surface area contributed by atoms with E-state index in [0.717, 1.165) is 15.3 Å². The van der Waals surface area contributed by atoms with Gasteiger partial charge >= 0.3 is 11.9 Å². The normalized spacial score (nSPS) is 17.4. The molecular formula is C24H26N5O5S2+. The van der Waals surface area contributed by atoms with E-state index in [1.165, 1.54) is 34.7 Å². The molecule has 0 aliphatic carbocycles. The number of methoxy groups -OCH3 is 2. The van der Waals surface area contributed by atoms with Crippen LogP contribution in [0.2, 0.25) is 0 Å². The molecule has 2 aliphatic rings. The summed E-state index contributed by atoms with van der Waals surface area (Å²) in [6, 6.07) is 8.92. The van der Waals surface area contributed by atoms with Gasteiger partial charge in [-0.05, 0) is 35.6 Å². The molecule has 0 saturated heterocycles. The molecule has 36 heavy (non-hydrogen) atoms. The number of nitrogens with one attached hydrogen (secondary N) is 1. The van der Waals surface area contributed by atoms with Gasteiger partial charge in [0.1, 0.15) is 5.04 Å². The summed E-state index contributed by atoms with van der Waals surface area (Å²) >= 11 is 2.63. The molecule has 2 aliphatic heterocycles. The number of nitrogens with zero attached hydrogens (tertiary/aromatic N) is 4. The van der Waals surface area contributed by atoms with Gasteiger partial charge in [-0.3, -0.25) is 9.59 Å². The molecule has 10 nitrogen and oxygen atoms in total. The number of thiophene rings is 1. The van der Waals surface area contributed by atoms with Crippen LogP contribution in [-0.4, -0.2) is 84.6 Å². The fourth-order valence-electron chi connectivity index (χ4n) is 3.78. The standard InChI is InChI=1S/C24H25N5O5S2/c1-28-21-19(23(31)29(2)24(28)32)22(27-20(26-21)17-6-5-11-35-17)36-13-18(30)25-10-9-14-7-8-15(33-3)16(12-14)34-4/h5-8,11-12,19H,9-10,13H2,1-4H3/p+1. The first kappa shape index (κ1) is 25.6. The number of imide groups is 1. The Kier molecular flexibility index (Phi) is 7.85. The minimum atomic E-state index is -0.828. The number of carbonyl (C=O) groups is 3. The summed E-state index contributed by atoms with van der Waals surface area (Å²) in [5.41, 5.74) is 0.997. The molecule has 1 aromatic carbocycles. The first-order valence-electron chi connectivity index (χ1n) is 11.1. The van der Waals surface area contributed by atoms with Crippen LogP contribution in [0.1, 0.15) is 10.4 Å². The zero-order valence-corrected chi connectivity index (χ0v) is 21.9. The third-order valence-electron chi connectivity index (χ3n) is 5.71. The Morgan fingerprint density at radius 3 is 2.67 bits per heavy atom. The molecule has 0 fully saturated rings. The molecule has 2 aromatic rings. The quantitative estimate of drug-likeness (QED) is 0.526. The van der Waals surface area contributed by atoms with E-state index < -0.39 is 17.9 Å². The molecule has 0 saturated carbocycles. The van der Waals surface area contributed by atoms with E-state index in [0.29, 0.717) is 41.2 Å². The summed E-state index contributed by atoms with van der Waals surface area (Å²) in [5.74, 6) is 0.655. The van der Waals surface area contributed by atoms with E-state index in [9.17, 15) is 14.4 Å². The van der Waals surface area contributed by atoms with Crippen LogP contribution in [0.15, 0.2) is 45.7 Å². The molecule has 1 unspecified atom stereocenters. The molecule has 12 heteroatoms. The summed E-state index contributed by atoms with van der Waals surface area (Å²) in [4.78, 5) is 49.1. The molecule has 1 aromatic heterocycles. The summed E-state index contributed by atoms with van der Waals surface area (Å²) < 4.78 is 11.9. The molecule has 3 heterocycles. The number of fused-ring (bicyclic) bond motifs is 1. The van der Waals surface area contributed by atoms with E-state index in [-0.39, 0.29) is 11.7 Å². The average Bonchev–Trinajstić information content (AvgIpc) is 3.44. The summed E-state index contributed by atoms with van der Waals surface area (Å²) in [5, 5.41) is 5.24. The minimum Gasteiger partial charge on any atom is -0.493 e. The average molecular weight is 529 g/mol. The number of ether oxygens (including phenoxy) is 2. The lowest BCUT2D eigenvalue weighted by Crippen LogP contribution is -2.54. The van der Waals surface area contributed by atoms with Gasteiger partial charge in [0.2, 0.25) is 11.7 Å². The van der Waals surface area contributed by atoms with Crippen LogP contribution >= 0.6 is 23.1 Å². The van der Waals surface area contributed by atoms with Crippen molar-refractivity contribution in [3.05, 3.63) is 46.2 Å². The maximum atomic E-state index is 13.0. The van der Waals surface area contributed by atoms with Crippen molar-refractivity contribution < 1.29 is 28.4 Å². The van der Waals surface area contributed by atoms with E-state index in [4.69, 9.17) is 9.47 Å². The Hall–Kier alpha value is -3.51. The largest absolute Gasteiger partial charge is 0.493 e. The highest BCUT2D eigenvalue weighted by molar-refractivity contribution is 8.14. The predicted octanol–water partition coefficient (Wildman–Crippen LogP) is 2.27. The first-order valence-corrected chi connectivity index (χ1v) is 12.9. The number of aliphatic imine (C=N–C) groups is 2. The van der Waals surface area contributed by atoms with Crippen LogP contribution in [-0.2, 0) is 16.0 Å². The Labute approximate surface area is 216 Å². The molecule has 0 radical (unpaired) electrons. The van der Waals surface area contributed by atoms with Gasteiger partial charge in [0.25, 0.3) is 5.84 Å². The van der Waals surface area contributed by atoms with Crippen molar-refractivity contribution in [3.8, 4) is 11.5 Å². The number of hydrogen-bond donors (Lipinski definition) is 1. The minimum absolute atomic E-state index is 0.0704. The number of carbonyl (C=O) groups excluding carboxylic acids is 3. The lowest BCUT2D eigenvalue weighted by Gasteiger charge is -2.26. The first-order chi connectivity index (χ1) is 17.3. The van der Waals surface area contributed by atoms with Gasteiger partial charge in [-0.2, -0.15) is 9.48 Å². The van der Waals surface area contributed by atoms with E-state index in [1.807, 2.05) is 35.7 Å². The highest BCUT2D eigenvalue weighted by Crippen LogP contribution is 2.28.